The first-order chi connectivity index (χ1) is 3.27. The van der Waals surface area contributed by atoms with Crippen molar-refractivity contribution in [2.24, 2.45) is 9.98 Å². The fourth-order valence-corrected chi connectivity index (χ4v) is 0.173. The van der Waals surface area contributed by atoms with E-state index in [2.05, 4.69) is 16.0 Å². The Bertz CT molecular complexity index is 88.3. The minimum Gasteiger partial charge on any atom is -0.229 e. The van der Waals surface area contributed by atoms with Gasteiger partial charge in [0.15, 0.2) is 0 Å². The molecule has 0 aromatic carbocycles. The predicted octanol–water partition coefficient (Wildman–Crippen LogP) is 1.20. The molecule has 0 saturated heterocycles. The van der Waals surface area contributed by atoms with Crippen molar-refractivity contribution in [1.82, 2.24) is 0 Å². The maximum absolute atomic E-state index is 3.83. The fourth-order valence-electron chi connectivity index (χ4n) is 0.173. The average molecular weight is 98.1 g/mol. The standard InChI is InChI=1S/C5H10N2/c1-5(2)7-4-6-3/h5H,1-3H3. The monoisotopic (exact) mass is 98.1 g/mol. The van der Waals surface area contributed by atoms with Crippen molar-refractivity contribution < 1.29 is 0 Å². The normalized spacial score (nSPS) is 8.00. The van der Waals surface area contributed by atoms with E-state index in [0.717, 1.165) is 0 Å². The van der Waals surface area contributed by atoms with Crippen molar-refractivity contribution in [3.05, 3.63) is 0 Å². The second-order valence-electron chi connectivity index (χ2n) is 1.55. The van der Waals surface area contributed by atoms with Crippen LogP contribution >= 0.6 is 0 Å². The first-order valence-electron chi connectivity index (χ1n) is 2.31. The lowest BCUT2D eigenvalue weighted by molar-refractivity contribution is 0.841. The number of nitrogens with zero attached hydrogens (tertiary/aromatic N) is 2. The molecule has 0 heterocycles. The van der Waals surface area contributed by atoms with Crippen molar-refractivity contribution in [3.8, 4) is 0 Å². The van der Waals surface area contributed by atoms with E-state index in [-0.39, 0.29) is 0 Å². The summed E-state index contributed by atoms with van der Waals surface area (Å²) in [5, 5.41) is 0. The van der Waals surface area contributed by atoms with Crippen LogP contribution in [0, 0.1) is 0 Å². The van der Waals surface area contributed by atoms with Gasteiger partial charge in [0.05, 0.1) is 12.1 Å². The van der Waals surface area contributed by atoms with Crippen LogP contribution in [0.2, 0.25) is 0 Å². The van der Waals surface area contributed by atoms with Gasteiger partial charge in [0.2, 0.25) is 0 Å². The van der Waals surface area contributed by atoms with E-state index in [1.54, 1.807) is 7.05 Å². The highest BCUT2D eigenvalue weighted by Gasteiger charge is 1.78. The van der Waals surface area contributed by atoms with Crippen LogP contribution in [0.3, 0.4) is 0 Å². The molecule has 2 heteroatoms. The van der Waals surface area contributed by atoms with E-state index < -0.39 is 0 Å². The van der Waals surface area contributed by atoms with Crippen molar-refractivity contribution in [3.63, 3.8) is 0 Å². The smallest absolute Gasteiger partial charge is 0.0892 e. The molecule has 0 amide bonds. The molecule has 0 N–H and O–H groups in total. The Morgan fingerprint density at radius 3 is 2.14 bits per heavy atom. The van der Waals surface area contributed by atoms with Gasteiger partial charge in [-0.2, -0.15) is 0 Å². The fraction of sp³-hybridized carbons (Fsp3) is 0.800. The van der Waals surface area contributed by atoms with E-state index in [4.69, 9.17) is 0 Å². The molecule has 0 rings (SSSR count). The van der Waals surface area contributed by atoms with Crippen LogP contribution in [-0.2, 0) is 0 Å². The minimum atomic E-state index is 0.323. The maximum atomic E-state index is 3.83. The Labute approximate surface area is 44.0 Å². The van der Waals surface area contributed by atoms with E-state index in [9.17, 15) is 0 Å². The third-order valence-corrected chi connectivity index (χ3v) is 0.416. The van der Waals surface area contributed by atoms with Crippen LogP contribution < -0.4 is 0 Å². The zero-order valence-corrected chi connectivity index (χ0v) is 4.97. The summed E-state index contributed by atoms with van der Waals surface area (Å²) in [5.74, 6) is 0. The third-order valence-electron chi connectivity index (χ3n) is 0.416. The summed E-state index contributed by atoms with van der Waals surface area (Å²) in [7, 11) is 1.66. The molecule has 0 aliphatic rings. The third kappa shape index (κ3) is 5.38. The Kier molecular flexibility index (Phi) is 3.25. The van der Waals surface area contributed by atoms with E-state index in [1.165, 1.54) is 0 Å². The van der Waals surface area contributed by atoms with Gasteiger partial charge in [-0.1, -0.05) is 0 Å². The van der Waals surface area contributed by atoms with Gasteiger partial charge in [-0.15, -0.1) is 0 Å². The second kappa shape index (κ2) is 3.57. The maximum Gasteiger partial charge on any atom is 0.0892 e. The van der Waals surface area contributed by atoms with E-state index in [0.29, 0.717) is 6.04 Å². The Morgan fingerprint density at radius 2 is 2.00 bits per heavy atom. The average Bonchev–Trinajstić information content (AvgIpc) is 1.61. The summed E-state index contributed by atoms with van der Waals surface area (Å²) >= 11 is 0. The lowest BCUT2D eigenvalue weighted by Crippen LogP contribution is -1.84. The first kappa shape index (κ1) is 6.38. The van der Waals surface area contributed by atoms with Crippen LogP contribution in [0.25, 0.3) is 0 Å². The molecule has 7 heavy (non-hydrogen) atoms. The zero-order valence-electron chi connectivity index (χ0n) is 4.97. The van der Waals surface area contributed by atoms with Crippen molar-refractivity contribution in [1.29, 1.82) is 0 Å². The highest BCUT2D eigenvalue weighted by molar-refractivity contribution is 5.40. The van der Waals surface area contributed by atoms with Gasteiger partial charge in [0.1, 0.15) is 0 Å². The van der Waals surface area contributed by atoms with Crippen LogP contribution in [0.15, 0.2) is 9.98 Å². The molecule has 0 unspecified atom stereocenters. The summed E-state index contributed by atoms with van der Waals surface area (Å²) in [6, 6.07) is 2.82. The summed E-state index contributed by atoms with van der Waals surface area (Å²) in [6.07, 6.45) is 0. The number of hydrogen-bond donors (Lipinski definition) is 0. The van der Waals surface area contributed by atoms with Crippen molar-refractivity contribution >= 4 is 6.01 Å². The Balaban J connectivity index is 3.46. The molecule has 0 aliphatic heterocycles. The van der Waals surface area contributed by atoms with Gasteiger partial charge >= 0.3 is 0 Å². The molecule has 0 aromatic rings. The molecule has 0 radical (unpaired) electrons. The van der Waals surface area contributed by atoms with Crippen LogP contribution in [0.1, 0.15) is 13.8 Å². The van der Waals surface area contributed by atoms with Gasteiger partial charge in [-0.05, 0) is 13.8 Å². The predicted molar refractivity (Wildman–Crippen MR) is 30.9 cm³/mol. The first-order valence-corrected chi connectivity index (χ1v) is 2.31. The zero-order chi connectivity index (χ0) is 5.70. The number of hydrogen-bond acceptors (Lipinski definition) is 2. The molecule has 0 aromatic heterocycles. The second-order valence-corrected chi connectivity index (χ2v) is 1.55. The van der Waals surface area contributed by atoms with E-state index >= 15 is 0 Å². The van der Waals surface area contributed by atoms with Gasteiger partial charge in [0, 0.05) is 7.05 Å². The highest BCUT2D eigenvalue weighted by atomic mass is 14.8. The van der Waals surface area contributed by atoms with Gasteiger partial charge < -0.3 is 0 Å². The molecular weight excluding hydrogens is 88.1 g/mol. The molecule has 0 spiro atoms. The number of rotatable bonds is 1. The quantitative estimate of drug-likeness (QED) is 0.440. The molecule has 0 aliphatic carbocycles. The van der Waals surface area contributed by atoms with Gasteiger partial charge in [-0.3, -0.25) is 0 Å². The van der Waals surface area contributed by atoms with E-state index in [1.807, 2.05) is 13.8 Å². The van der Waals surface area contributed by atoms with Crippen LogP contribution in [0.5, 0.6) is 0 Å². The van der Waals surface area contributed by atoms with Gasteiger partial charge in [0.25, 0.3) is 0 Å². The minimum absolute atomic E-state index is 0.323. The van der Waals surface area contributed by atoms with Crippen LogP contribution in [-0.4, -0.2) is 19.1 Å². The molecule has 0 bridgehead atoms. The molecular formula is C5H10N2. The SMILES string of the molecule is CN=C=NC(C)C. The lowest BCUT2D eigenvalue weighted by Gasteiger charge is -1.84. The van der Waals surface area contributed by atoms with Crippen molar-refractivity contribution in [2.75, 3.05) is 7.05 Å². The Morgan fingerprint density at radius 1 is 1.43 bits per heavy atom. The van der Waals surface area contributed by atoms with Crippen LogP contribution in [0.4, 0.5) is 0 Å². The highest BCUT2D eigenvalue weighted by Crippen LogP contribution is 1.79. The lowest BCUT2D eigenvalue weighted by atomic mass is 10.4. The Hall–Kier alpha value is -0.620. The summed E-state index contributed by atoms with van der Waals surface area (Å²) in [6.45, 7) is 3.97. The van der Waals surface area contributed by atoms with Crippen molar-refractivity contribution in [2.45, 2.75) is 19.9 Å². The summed E-state index contributed by atoms with van der Waals surface area (Å²) < 4.78 is 0. The molecule has 2 nitrogen and oxygen atoms in total. The summed E-state index contributed by atoms with van der Waals surface area (Å²) in [4.78, 5) is 7.39. The largest absolute Gasteiger partial charge is 0.229 e. The molecule has 0 fully saturated rings. The number of aliphatic imine (C=N–C) groups is 2. The topological polar surface area (TPSA) is 24.7 Å². The van der Waals surface area contributed by atoms with Gasteiger partial charge in [-0.25, -0.2) is 9.98 Å². The molecule has 40 valence electrons. The summed E-state index contributed by atoms with van der Waals surface area (Å²) in [5.41, 5.74) is 0. The molecule has 0 saturated carbocycles. The molecule has 0 atom stereocenters.